The van der Waals surface area contributed by atoms with Crippen molar-refractivity contribution in [2.24, 2.45) is 7.05 Å². The Hall–Kier alpha value is -3.16. The number of aryl methyl sites for hydroxylation is 2. The summed E-state index contributed by atoms with van der Waals surface area (Å²) in [7, 11) is 1.65. The fraction of sp³-hybridized carbons (Fsp3) is 0.478. The van der Waals surface area contributed by atoms with Gasteiger partial charge in [0.15, 0.2) is 0 Å². The monoisotopic (exact) mass is 405 g/mol. The molecule has 0 unspecified atom stereocenters. The molecule has 1 aliphatic rings. The second kappa shape index (κ2) is 9.11. The molecule has 0 atom stereocenters. The molecule has 1 N–H and O–H groups in total. The van der Waals surface area contributed by atoms with Crippen molar-refractivity contribution in [3.8, 4) is 12.1 Å². The first-order chi connectivity index (χ1) is 14.4. The van der Waals surface area contributed by atoms with E-state index in [1.165, 1.54) is 9.13 Å². The average Bonchev–Trinajstić information content (AvgIpc) is 2.77. The van der Waals surface area contributed by atoms with Crippen molar-refractivity contribution >= 4 is 0 Å². The molecule has 156 valence electrons. The minimum absolute atomic E-state index is 0.231. The Morgan fingerprint density at radius 2 is 1.90 bits per heavy atom. The molecule has 0 radical (unpaired) electrons. The first-order valence-corrected chi connectivity index (χ1v) is 10.3. The van der Waals surface area contributed by atoms with E-state index < -0.39 is 5.41 Å². The summed E-state index contributed by atoms with van der Waals surface area (Å²) in [6, 6.07) is 12.4. The first-order valence-electron chi connectivity index (χ1n) is 10.3. The number of hydrogen-bond donors (Lipinski definition) is 1. The van der Waals surface area contributed by atoms with E-state index in [0.717, 1.165) is 18.4 Å². The minimum atomic E-state index is -0.606. The molecule has 0 bridgehead atoms. The van der Waals surface area contributed by atoms with E-state index in [2.05, 4.69) is 17.5 Å². The lowest BCUT2D eigenvalue weighted by molar-refractivity contribution is 0.293. The van der Waals surface area contributed by atoms with Crippen molar-refractivity contribution in [3.05, 3.63) is 68.0 Å². The second-order valence-electron chi connectivity index (χ2n) is 8.10. The van der Waals surface area contributed by atoms with Gasteiger partial charge < -0.3 is 9.88 Å². The molecule has 1 aliphatic carbocycles. The van der Waals surface area contributed by atoms with Gasteiger partial charge in [0.1, 0.15) is 0 Å². The molecule has 7 nitrogen and oxygen atoms in total. The van der Waals surface area contributed by atoms with Crippen LogP contribution in [0.4, 0.5) is 0 Å². The second-order valence-corrected chi connectivity index (χ2v) is 8.10. The maximum absolute atomic E-state index is 12.2. The quantitative estimate of drug-likeness (QED) is 0.742. The lowest BCUT2D eigenvalue weighted by Gasteiger charge is -2.36. The number of nitrogens with one attached hydrogen (secondary N) is 1. The Kier molecular flexibility index (Phi) is 6.54. The van der Waals surface area contributed by atoms with E-state index in [0.29, 0.717) is 43.5 Å². The maximum Gasteiger partial charge on any atom is 0.330 e. The molecule has 1 fully saturated rings. The van der Waals surface area contributed by atoms with Crippen LogP contribution in [0.3, 0.4) is 0 Å². The number of hydrogen-bond acceptors (Lipinski definition) is 5. The van der Waals surface area contributed by atoms with Gasteiger partial charge in [0.05, 0.1) is 23.1 Å². The van der Waals surface area contributed by atoms with Gasteiger partial charge >= 0.3 is 5.69 Å². The SMILES string of the molecule is Cc1cn(C)c(=O)n(CCCNC2CCC(C#N)(c3ccccc3C#N)CC2)c1=O. The van der Waals surface area contributed by atoms with Crippen molar-refractivity contribution in [2.45, 2.75) is 57.0 Å². The zero-order valence-electron chi connectivity index (χ0n) is 17.5. The van der Waals surface area contributed by atoms with Crippen LogP contribution < -0.4 is 16.6 Å². The lowest BCUT2D eigenvalue weighted by Crippen LogP contribution is -2.42. The summed E-state index contributed by atoms with van der Waals surface area (Å²) in [4.78, 5) is 24.4. The van der Waals surface area contributed by atoms with Crippen LogP contribution in [-0.2, 0) is 19.0 Å². The van der Waals surface area contributed by atoms with Crippen LogP contribution in [0.2, 0.25) is 0 Å². The third kappa shape index (κ3) is 4.22. The van der Waals surface area contributed by atoms with Crippen LogP contribution >= 0.6 is 0 Å². The summed E-state index contributed by atoms with van der Waals surface area (Å²) in [6.45, 7) is 2.79. The molecule has 2 aromatic rings. The fourth-order valence-electron chi connectivity index (χ4n) is 4.39. The van der Waals surface area contributed by atoms with Crippen LogP contribution in [0, 0.1) is 29.6 Å². The van der Waals surface area contributed by atoms with Gasteiger partial charge in [-0.15, -0.1) is 0 Å². The highest BCUT2D eigenvalue weighted by atomic mass is 16.2. The number of nitriles is 2. The Bertz CT molecular complexity index is 1070. The predicted molar refractivity (Wildman–Crippen MR) is 114 cm³/mol. The first kappa shape index (κ1) is 21.5. The van der Waals surface area contributed by atoms with Gasteiger partial charge in [-0.25, -0.2) is 4.79 Å². The fourth-order valence-corrected chi connectivity index (χ4v) is 4.39. The molecule has 0 spiro atoms. The lowest BCUT2D eigenvalue weighted by atomic mass is 9.68. The largest absolute Gasteiger partial charge is 0.330 e. The normalized spacial score (nSPS) is 21.0. The summed E-state index contributed by atoms with van der Waals surface area (Å²) in [6.07, 6.45) is 5.34. The molecule has 1 aromatic carbocycles. The predicted octanol–water partition coefficient (Wildman–Crippen LogP) is 2.11. The number of aromatic nitrogens is 2. The minimum Gasteiger partial charge on any atom is -0.314 e. The summed E-state index contributed by atoms with van der Waals surface area (Å²) in [5, 5.41) is 22.8. The molecule has 0 amide bonds. The van der Waals surface area contributed by atoms with Gasteiger partial charge in [-0.2, -0.15) is 10.5 Å². The van der Waals surface area contributed by atoms with Crippen LogP contribution in [0.5, 0.6) is 0 Å². The number of benzene rings is 1. The molecule has 0 saturated heterocycles. The van der Waals surface area contributed by atoms with Gasteiger partial charge in [-0.1, -0.05) is 18.2 Å². The van der Waals surface area contributed by atoms with E-state index in [1.807, 2.05) is 18.2 Å². The Morgan fingerprint density at radius 3 is 2.57 bits per heavy atom. The van der Waals surface area contributed by atoms with Gasteiger partial charge in [0.2, 0.25) is 0 Å². The molecule has 7 heteroatoms. The summed E-state index contributed by atoms with van der Waals surface area (Å²) < 4.78 is 2.73. The molecule has 30 heavy (non-hydrogen) atoms. The Labute approximate surface area is 176 Å². The topological polar surface area (TPSA) is 104 Å². The number of rotatable bonds is 6. The molecule has 3 rings (SSSR count). The Balaban J connectivity index is 1.56. The van der Waals surface area contributed by atoms with Crippen LogP contribution in [0.25, 0.3) is 0 Å². The van der Waals surface area contributed by atoms with E-state index in [9.17, 15) is 20.1 Å². The van der Waals surface area contributed by atoms with Crippen LogP contribution in [0.15, 0.2) is 40.1 Å². The van der Waals surface area contributed by atoms with E-state index in [4.69, 9.17) is 0 Å². The van der Waals surface area contributed by atoms with Crippen LogP contribution in [-0.4, -0.2) is 21.7 Å². The third-order valence-corrected chi connectivity index (χ3v) is 6.11. The summed E-state index contributed by atoms with van der Waals surface area (Å²) >= 11 is 0. The maximum atomic E-state index is 12.2. The number of nitrogens with zero attached hydrogens (tertiary/aromatic N) is 4. The molecule has 0 aliphatic heterocycles. The van der Waals surface area contributed by atoms with Gasteiger partial charge in [-0.3, -0.25) is 9.36 Å². The van der Waals surface area contributed by atoms with Crippen molar-refractivity contribution in [2.75, 3.05) is 6.54 Å². The highest BCUT2D eigenvalue weighted by Crippen LogP contribution is 2.40. The van der Waals surface area contributed by atoms with Crippen LogP contribution in [0.1, 0.15) is 48.8 Å². The average molecular weight is 406 g/mol. The molecule has 1 saturated carbocycles. The highest BCUT2D eigenvalue weighted by Gasteiger charge is 2.38. The Morgan fingerprint density at radius 1 is 1.20 bits per heavy atom. The zero-order valence-corrected chi connectivity index (χ0v) is 17.5. The molecule has 1 aromatic heterocycles. The highest BCUT2D eigenvalue weighted by molar-refractivity contribution is 5.46. The smallest absolute Gasteiger partial charge is 0.314 e. The van der Waals surface area contributed by atoms with Crippen molar-refractivity contribution in [1.82, 2.24) is 14.5 Å². The van der Waals surface area contributed by atoms with Crippen molar-refractivity contribution in [3.63, 3.8) is 0 Å². The zero-order chi connectivity index (χ0) is 21.7. The van der Waals surface area contributed by atoms with E-state index in [1.54, 1.807) is 26.2 Å². The summed E-state index contributed by atoms with van der Waals surface area (Å²) in [5.41, 5.74) is 0.844. The van der Waals surface area contributed by atoms with Crippen molar-refractivity contribution < 1.29 is 0 Å². The third-order valence-electron chi connectivity index (χ3n) is 6.11. The van der Waals surface area contributed by atoms with Gasteiger partial charge in [0, 0.05) is 31.4 Å². The van der Waals surface area contributed by atoms with Gasteiger partial charge in [0.25, 0.3) is 5.56 Å². The summed E-state index contributed by atoms with van der Waals surface area (Å²) in [5.74, 6) is 0. The molecule has 1 heterocycles. The van der Waals surface area contributed by atoms with Gasteiger partial charge in [-0.05, 0) is 57.2 Å². The van der Waals surface area contributed by atoms with E-state index >= 15 is 0 Å². The molecular formula is C23H27N5O2. The standard InChI is InChI=1S/C23H27N5O2/c1-17-15-27(2)22(30)28(21(17)29)13-5-12-26-19-8-10-23(16-25,11-9-19)20-7-4-3-6-18(20)14-24/h3-4,6-7,15,19,26H,5,8-13H2,1-2H3. The van der Waals surface area contributed by atoms with E-state index in [-0.39, 0.29) is 17.3 Å². The van der Waals surface area contributed by atoms with Crippen molar-refractivity contribution in [1.29, 1.82) is 10.5 Å². The molecular weight excluding hydrogens is 378 g/mol.